The minimum Gasteiger partial charge on any atom is -0.480 e. The van der Waals surface area contributed by atoms with Gasteiger partial charge in [0.25, 0.3) is 0 Å². The van der Waals surface area contributed by atoms with Gasteiger partial charge >= 0.3 is 5.97 Å². The van der Waals surface area contributed by atoms with Gasteiger partial charge in [-0.25, -0.2) is 0 Å². The molecule has 1 heterocycles. The van der Waals surface area contributed by atoms with Crippen molar-refractivity contribution in [1.29, 1.82) is 0 Å². The van der Waals surface area contributed by atoms with Crippen molar-refractivity contribution < 1.29 is 9.90 Å². The number of nitrogens with zero attached hydrogens (tertiary/aromatic N) is 1. The fraction of sp³-hybridized carbons (Fsp3) is 0.938. The summed E-state index contributed by atoms with van der Waals surface area (Å²) in [5.41, 5.74) is -0.296. The molecule has 2 aliphatic rings. The molecule has 0 aromatic rings. The van der Waals surface area contributed by atoms with E-state index in [4.69, 9.17) is 0 Å². The minimum atomic E-state index is -0.643. The zero-order valence-corrected chi connectivity index (χ0v) is 12.9. The van der Waals surface area contributed by atoms with Gasteiger partial charge in [0.1, 0.15) is 5.54 Å². The average molecular weight is 267 g/mol. The van der Waals surface area contributed by atoms with Crippen molar-refractivity contribution in [2.24, 2.45) is 11.3 Å². The number of likely N-dealkylation sites (tertiary alicyclic amines) is 1. The highest BCUT2D eigenvalue weighted by molar-refractivity contribution is 5.78. The molecule has 1 saturated heterocycles. The zero-order chi connectivity index (χ0) is 14.3. The van der Waals surface area contributed by atoms with Gasteiger partial charge in [0, 0.05) is 6.04 Å². The molecule has 3 nitrogen and oxygen atoms in total. The van der Waals surface area contributed by atoms with Crippen LogP contribution >= 0.6 is 0 Å². The molecule has 110 valence electrons. The predicted molar refractivity (Wildman–Crippen MR) is 77.2 cm³/mol. The lowest BCUT2D eigenvalue weighted by Gasteiger charge is -2.51. The molecule has 19 heavy (non-hydrogen) atoms. The van der Waals surface area contributed by atoms with Crippen LogP contribution in [0.2, 0.25) is 0 Å². The molecule has 0 amide bonds. The van der Waals surface area contributed by atoms with Gasteiger partial charge in [-0.05, 0) is 63.3 Å². The van der Waals surface area contributed by atoms with Crippen molar-refractivity contribution in [2.75, 3.05) is 6.54 Å². The van der Waals surface area contributed by atoms with Gasteiger partial charge in [0.05, 0.1) is 0 Å². The normalized spacial score (nSPS) is 40.0. The Morgan fingerprint density at radius 1 is 1.21 bits per heavy atom. The van der Waals surface area contributed by atoms with Crippen molar-refractivity contribution in [3.8, 4) is 0 Å². The first-order chi connectivity index (χ1) is 8.74. The minimum absolute atomic E-state index is 0.346. The fourth-order valence-electron chi connectivity index (χ4n) is 4.49. The number of carboxylic acids is 1. The summed E-state index contributed by atoms with van der Waals surface area (Å²) in [6.45, 7) is 9.86. The van der Waals surface area contributed by atoms with Crippen LogP contribution in [0, 0.1) is 11.3 Å². The Hall–Kier alpha value is -0.570. The quantitative estimate of drug-likeness (QED) is 0.832. The van der Waals surface area contributed by atoms with Crippen LogP contribution in [0.15, 0.2) is 0 Å². The second kappa shape index (κ2) is 5.08. The lowest BCUT2D eigenvalue weighted by atomic mass is 9.69. The molecule has 1 saturated carbocycles. The Kier molecular flexibility index (Phi) is 3.97. The fourth-order valence-corrected chi connectivity index (χ4v) is 4.49. The molecule has 1 aliphatic carbocycles. The lowest BCUT2D eigenvalue weighted by Crippen LogP contribution is -2.60. The van der Waals surface area contributed by atoms with Crippen LogP contribution in [0.1, 0.15) is 66.2 Å². The molecule has 0 radical (unpaired) electrons. The van der Waals surface area contributed by atoms with E-state index in [0.29, 0.717) is 17.4 Å². The van der Waals surface area contributed by atoms with E-state index < -0.39 is 11.5 Å². The van der Waals surface area contributed by atoms with E-state index in [1.807, 2.05) is 6.92 Å². The van der Waals surface area contributed by atoms with Crippen molar-refractivity contribution in [1.82, 2.24) is 4.90 Å². The van der Waals surface area contributed by atoms with Gasteiger partial charge in [-0.15, -0.1) is 0 Å². The van der Waals surface area contributed by atoms with Crippen molar-refractivity contribution in [2.45, 2.75) is 77.8 Å². The molecular formula is C16H29NO2. The van der Waals surface area contributed by atoms with Gasteiger partial charge in [-0.2, -0.15) is 0 Å². The molecule has 1 aliphatic heterocycles. The summed E-state index contributed by atoms with van der Waals surface area (Å²) in [6.07, 6.45) is 6.56. The number of piperidine rings is 1. The smallest absolute Gasteiger partial charge is 0.323 e. The zero-order valence-electron chi connectivity index (χ0n) is 12.9. The number of hydrogen-bond acceptors (Lipinski definition) is 2. The average Bonchev–Trinajstić information content (AvgIpc) is 2.26. The summed E-state index contributed by atoms with van der Waals surface area (Å²) in [7, 11) is 0. The third-order valence-electron chi connectivity index (χ3n) is 5.21. The maximum atomic E-state index is 11.7. The van der Waals surface area contributed by atoms with E-state index >= 15 is 0 Å². The highest BCUT2D eigenvalue weighted by atomic mass is 16.4. The Morgan fingerprint density at radius 3 is 2.47 bits per heavy atom. The Balaban J connectivity index is 2.20. The predicted octanol–water partition coefficient (Wildman–Crippen LogP) is 3.53. The van der Waals surface area contributed by atoms with E-state index in [1.165, 1.54) is 6.42 Å². The van der Waals surface area contributed by atoms with Crippen LogP contribution in [0.3, 0.4) is 0 Å². The van der Waals surface area contributed by atoms with Gasteiger partial charge in [0.2, 0.25) is 0 Å². The van der Waals surface area contributed by atoms with E-state index in [-0.39, 0.29) is 0 Å². The van der Waals surface area contributed by atoms with E-state index in [1.54, 1.807) is 0 Å². The lowest BCUT2D eigenvalue weighted by molar-refractivity contribution is -0.157. The first-order valence-electron chi connectivity index (χ1n) is 7.75. The SMILES string of the molecule is CC1CC(N2CCCCC2(C)C(=O)O)CC(C)(C)C1. The van der Waals surface area contributed by atoms with E-state index in [9.17, 15) is 9.90 Å². The summed E-state index contributed by atoms with van der Waals surface area (Å²) in [6, 6.07) is 0.445. The largest absolute Gasteiger partial charge is 0.480 e. The summed E-state index contributed by atoms with van der Waals surface area (Å²) < 4.78 is 0. The summed E-state index contributed by atoms with van der Waals surface area (Å²) in [5, 5.41) is 9.65. The number of aliphatic carboxylic acids is 1. The van der Waals surface area contributed by atoms with Crippen molar-refractivity contribution in [3.05, 3.63) is 0 Å². The molecule has 3 unspecified atom stereocenters. The summed E-state index contributed by atoms with van der Waals surface area (Å²) >= 11 is 0. The topological polar surface area (TPSA) is 40.5 Å². The van der Waals surface area contributed by atoms with E-state index in [0.717, 1.165) is 38.6 Å². The standard InChI is InChI=1S/C16H29NO2/c1-12-9-13(11-15(2,3)10-12)17-8-6-5-7-16(17,4)14(18)19/h12-13H,5-11H2,1-4H3,(H,18,19). The van der Waals surface area contributed by atoms with Crippen molar-refractivity contribution in [3.63, 3.8) is 0 Å². The number of rotatable bonds is 2. The van der Waals surface area contributed by atoms with Crippen LogP contribution in [0.4, 0.5) is 0 Å². The second-order valence-corrected chi connectivity index (χ2v) is 7.80. The Bertz CT molecular complexity index is 353. The van der Waals surface area contributed by atoms with Gasteiger partial charge in [-0.3, -0.25) is 9.69 Å². The van der Waals surface area contributed by atoms with Crippen LogP contribution < -0.4 is 0 Å². The van der Waals surface area contributed by atoms with Crippen LogP contribution in [0.25, 0.3) is 0 Å². The summed E-state index contributed by atoms with van der Waals surface area (Å²) in [4.78, 5) is 14.0. The van der Waals surface area contributed by atoms with Crippen LogP contribution in [-0.4, -0.2) is 34.1 Å². The van der Waals surface area contributed by atoms with E-state index in [2.05, 4.69) is 25.7 Å². The highest BCUT2D eigenvalue weighted by Crippen LogP contribution is 2.43. The number of carboxylic acid groups (broad SMARTS) is 1. The number of hydrogen-bond donors (Lipinski definition) is 1. The van der Waals surface area contributed by atoms with Gasteiger partial charge in [0.15, 0.2) is 0 Å². The molecule has 0 spiro atoms. The van der Waals surface area contributed by atoms with Crippen LogP contribution in [0.5, 0.6) is 0 Å². The third-order valence-corrected chi connectivity index (χ3v) is 5.21. The van der Waals surface area contributed by atoms with Crippen LogP contribution in [-0.2, 0) is 4.79 Å². The molecular weight excluding hydrogens is 238 g/mol. The molecule has 0 aromatic carbocycles. The molecule has 1 N–H and O–H groups in total. The highest BCUT2D eigenvalue weighted by Gasteiger charge is 2.47. The monoisotopic (exact) mass is 267 g/mol. The molecule has 3 atom stereocenters. The second-order valence-electron chi connectivity index (χ2n) is 7.80. The third kappa shape index (κ3) is 2.96. The summed E-state index contributed by atoms with van der Waals surface area (Å²) in [5.74, 6) is 0.0666. The van der Waals surface area contributed by atoms with Gasteiger partial charge in [-0.1, -0.05) is 20.8 Å². The molecule has 3 heteroatoms. The molecule has 0 aromatic heterocycles. The number of carbonyl (C=O) groups is 1. The van der Waals surface area contributed by atoms with Crippen molar-refractivity contribution >= 4 is 5.97 Å². The molecule has 2 rings (SSSR count). The Labute approximate surface area is 117 Å². The maximum absolute atomic E-state index is 11.7. The molecule has 0 bridgehead atoms. The first kappa shape index (κ1) is 14.8. The molecule has 2 fully saturated rings. The maximum Gasteiger partial charge on any atom is 0.323 e. The first-order valence-corrected chi connectivity index (χ1v) is 7.75. The Morgan fingerprint density at radius 2 is 1.89 bits per heavy atom. The van der Waals surface area contributed by atoms with Gasteiger partial charge < -0.3 is 5.11 Å².